The lowest BCUT2D eigenvalue weighted by Gasteiger charge is -2.18. The number of hydrogen-bond donors (Lipinski definition) is 2. The fourth-order valence-corrected chi connectivity index (χ4v) is 3.16. The minimum Gasteiger partial charge on any atom is -0.481 e. The SMILES string of the molecule is CCC(CC(=O)O)c1ccc(-c2cnn(C)c2)c(Nc2cccc(F)c2)c1. The molecule has 0 aliphatic heterocycles. The molecule has 1 aromatic heterocycles. The van der Waals surface area contributed by atoms with Crippen LogP contribution >= 0.6 is 0 Å². The standard InChI is InChI=1S/C21H22FN3O2/c1-3-14(10-21(26)27)15-7-8-19(16-12-23-25(2)13-16)20(9-15)24-18-6-4-5-17(22)11-18/h4-9,11-14,24H,3,10H2,1-2H3,(H,26,27). The van der Waals surface area contributed by atoms with Crippen LogP contribution < -0.4 is 5.32 Å². The highest BCUT2D eigenvalue weighted by Crippen LogP contribution is 2.35. The first kappa shape index (κ1) is 18.6. The number of carboxylic acid groups (broad SMARTS) is 1. The molecule has 0 fully saturated rings. The van der Waals surface area contributed by atoms with E-state index < -0.39 is 5.97 Å². The highest BCUT2D eigenvalue weighted by Gasteiger charge is 2.16. The molecule has 0 saturated carbocycles. The van der Waals surface area contributed by atoms with Crippen LogP contribution in [0.5, 0.6) is 0 Å². The molecule has 6 heteroatoms. The van der Waals surface area contributed by atoms with Crippen LogP contribution in [0.3, 0.4) is 0 Å². The van der Waals surface area contributed by atoms with E-state index in [2.05, 4.69) is 10.4 Å². The third kappa shape index (κ3) is 4.53. The highest BCUT2D eigenvalue weighted by atomic mass is 19.1. The Morgan fingerprint density at radius 3 is 2.74 bits per heavy atom. The molecule has 3 aromatic rings. The van der Waals surface area contributed by atoms with Crippen molar-refractivity contribution in [2.24, 2.45) is 7.05 Å². The molecule has 140 valence electrons. The van der Waals surface area contributed by atoms with Gasteiger partial charge in [0, 0.05) is 35.7 Å². The number of nitrogens with one attached hydrogen (secondary N) is 1. The molecular weight excluding hydrogens is 345 g/mol. The number of anilines is 2. The Labute approximate surface area is 157 Å². The van der Waals surface area contributed by atoms with E-state index in [9.17, 15) is 14.3 Å². The number of benzene rings is 2. The largest absolute Gasteiger partial charge is 0.481 e. The number of halogens is 1. The van der Waals surface area contributed by atoms with Crippen molar-refractivity contribution in [3.63, 3.8) is 0 Å². The summed E-state index contributed by atoms with van der Waals surface area (Å²) in [4.78, 5) is 11.2. The Morgan fingerprint density at radius 1 is 1.30 bits per heavy atom. The summed E-state index contributed by atoms with van der Waals surface area (Å²) in [6, 6.07) is 12.1. The van der Waals surface area contributed by atoms with E-state index in [1.807, 2.05) is 38.4 Å². The van der Waals surface area contributed by atoms with Gasteiger partial charge in [-0.1, -0.05) is 25.1 Å². The van der Waals surface area contributed by atoms with E-state index in [4.69, 9.17) is 0 Å². The number of hydrogen-bond acceptors (Lipinski definition) is 3. The Morgan fingerprint density at radius 2 is 2.11 bits per heavy atom. The van der Waals surface area contributed by atoms with Crippen LogP contribution in [0.2, 0.25) is 0 Å². The summed E-state index contributed by atoms with van der Waals surface area (Å²) < 4.78 is 15.3. The van der Waals surface area contributed by atoms with Crippen molar-refractivity contribution in [2.45, 2.75) is 25.7 Å². The molecule has 1 atom stereocenters. The van der Waals surface area contributed by atoms with Crippen molar-refractivity contribution in [3.8, 4) is 11.1 Å². The van der Waals surface area contributed by atoms with Crippen LogP contribution in [0.25, 0.3) is 11.1 Å². The molecule has 1 unspecified atom stereocenters. The molecule has 0 aliphatic rings. The molecule has 3 rings (SSSR count). The van der Waals surface area contributed by atoms with Gasteiger partial charge in [-0.05, 0) is 42.2 Å². The topological polar surface area (TPSA) is 67.1 Å². The zero-order chi connectivity index (χ0) is 19.4. The Bertz CT molecular complexity index is 952. The van der Waals surface area contributed by atoms with E-state index in [1.165, 1.54) is 12.1 Å². The van der Waals surface area contributed by atoms with Crippen molar-refractivity contribution in [2.75, 3.05) is 5.32 Å². The van der Waals surface area contributed by atoms with Crippen LogP contribution in [-0.2, 0) is 11.8 Å². The predicted molar refractivity (Wildman–Crippen MR) is 104 cm³/mol. The summed E-state index contributed by atoms with van der Waals surface area (Å²) in [5.74, 6) is -1.23. The minimum atomic E-state index is -0.821. The van der Waals surface area contributed by atoms with Crippen molar-refractivity contribution in [3.05, 3.63) is 66.2 Å². The van der Waals surface area contributed by atoms with Gasteiger partial charge in [0.25, 0.3) is 0 Å². The molecule has 5 nitrogen and oxygen atoms in total. The summed E-state index contributed by atoms with van der Waals surface area (Å²) in [5.41, 5.74) is 4.19. The van der Waals surface area contributed by atoms with Gasteiger partial charge in [0.2, 0.25) is 0 Å². The second-order valence-corrected chi connectivity index (χ2v) is 6.55. The molecule has 0 radical (unpaired) electrons. The number of carboxylic acids is 1. The number of aliphatic carboxylic acids is 1. The number of rotatable bonds is 7. The third-order valence-electron chi connectivity index (χ3n) is 4.55. The zero-order valence-electron chi connectivity index (χ0n) is 15.3. The summed E-state index contributed by atoms with van der Waals surface area (Å²) >= 11 is 0. The van der Waals surface area contributed by atoms with Crippen molar-refractivity contribution < 1.29 is 14.3 Å². The van der Waals surface area contributed by atoms with Crippen molar-refractivity contribution in [1.29, 1.82) is 0 Å². The Kier molecular flexibility index (Phi) is 5.54. The van der Waals surface area contributed by atoms with Gasteiger partial charge >= 0.3 is 5.97 Å². The van der Waals surface area contributed by atoms with Gasteiger partial charge in [-0.25, -0.2) is 4.39 Å². The second-order valence-electron chi connectivity index (χ2n) is 6.55. The quantitative estimate of drug-likeness (QED) is 0.621. The molecular formula is C21H22FN3O2. The van der Waals surface area contributed by atoms with Gasteiger partial charge in [-0.3, -0.25) is 9.48 Å². The second kappa shape index (κ2) is 8.03. The first-order valence-electron chi connectivity index (χ1n) is 8.83. The van der Waals surface area contributed by atoms with E-state index in [-0.39, 0.29) is 18.2 Å². The molecule has 2 N–H and O–H groups in total. The fourth-order valence-electron chi connectivity index (χ4n) is 3.16. The maximum absolute atomic E-state index is 13.6. The zero-order valence-corrected chi connectivity index (χ0v) is 15.3. The smallest absolute Gasteiger partial charge is 0.303 e. The summed E-state index contributed by atoms with van der Waals surface area (Å²) in [6.45, 7) is 1.97. The lowest BCUT2D eigenvalue weighted by molar-refractivity contribution is -0.137. The lowest BCUT2D eigenvalue weighted by Crippen LogP contribution is -2.06. The van der Waals surface area contributed by atoms with E-state index >= 15 is 0 Å². The monoisotopic (exact) mass is 367 g/mol. The third-order valence-corrected chi connectivity index (χ3v) is 4.55. The van der Waals surface area contributed by atoms with Crippen LogP contribution in [-0.4, -0.2) is 20.9 Å². The first-order chi connectivity index (χ1) is 13.0. The van der Waals surface area contributed by atoms with E-state index in [1.54, 1.807) is 23.0 Å². The van der Waals surface area contributed by atoms with Crippen LogP contribution in [0.15, 0.2) is 54.9 Å². The Balaban J connectivity index is 2.04. The van der Waals surface area contributed by atoms with Gasteiger partial charge < -0.3 is 10.4 Å². The molecule has 0 aliphatic carbocycles. The number of nitrogens with zero attached hydrogens (tertiary/aromatic N) is 2. The van der Waals surface area contributed by atoms with Crippen LogP contribution in [0.1, 0.15) is 31.2 Å². The van der Waals surface area contributed by atoms with Gasteiger partial charge in [0.15, 0.2) is 0 Å². The number of carbonyl (C=O) groups is 1. The predicted octanol–water partition coefficient (Wildman–Crippen LogP) is 4.94. The molecule has 1 heterocycles. The fraction of sp³-hybridized carbons (Fsp3) is 0.238. The maximum Gasteiger partial charge on any atom is 0.303 e. The van der Waals surface area contributed by atoms with Gasteiger partial charge in [0.1, 0.15) is 5.82 Å². The number of aromatic nitrogens is 2. The van der Waals surface area contributed by atoms with Crippen LogP contribution in [0.4, 0.5) is 15.8 Å². The lowest BCUT2D eigenvalue weighted by atomic mass is 9.91. The average molecular weight is 367 g/mol. The van der Waals surface area contributed by atoms with Crippen molar-refractivity contribution >= 4 is 17.3 Å². The van der Waals surface area contributed by atoms with Crippen LogP contribution in [0, 0.1) is 5.82 Å². The van der Waals surface area contributed by atoms with Gasteiger partial charge in [0.05, 0.1) is 12.6 Å². The Hall–Kier alpha value is -3.15. The van der Waals surface area contributed by atoms with Gasteiger partial charge in [-0.15, -0.1) is 0 Å². The summed E-state index contributed by atoms with van der Waals surface area (Å²) in [5, 5.41) is 16.7. The molecule has 0 saturated heterocycles. The molecule has 0 bridgehead atoms. The average Bonchev–Trinajstić information content (AvgIpc) is 3.05. The first-order valence-corrected chi connectivity index (χ1v) is 8.83. The highest BCUT2D eigenvalue weighted by molar-refractivity contribution is 5.81. The van der Waals surface area contributed by atoms with Crippen molar-refractivity contribution in [1.82, 2.24) is 9.78 Å². The normalized spacial score (nSPS) is 12.0. The molecule has 0 amide bonds. The minimum absolute atomic E-state index is 0.0716. The summed E-state index contributed by atoms with van der Waals surface area (Å²) in [7, 11) is 1.84. The van der Waals surface area contributed by atoms with E-state index in [0.29, 0.717) is 5.69 Å². The van der Waals surface area contributed by atoms with E-state index in [0.717, 1.165) is 28.8 Å². The summed E-state index contributed by atoms with van der Waals surface area (Å²) in [6.07, 6.45) is 4.46. The molecule has 0 spiro atoms. The van der Waals surface area contributed by atoms with Gasteiger partial charge in [-0.2, -0.15) is 5.10 Å². The molecule has 27 heavy (non-hydrogen) atoms. The molecule has 2 aromatic carbocycles. The number of aryl methyl sites for hydroxylation is 1. The maximum atomic E-state index is 13.6.